The van der Waals surface area contributed by atoms with Crippen LogP contribution in [-0.4, -0.2) is 25.9 Å². The van der Waals surface area contributed by atoms with Crippen molar-refractivity contribution in [3.63, 3.8) is 0 Å². The Balaban J connectivity index is 2.43. The molecular weight excluding hydrogens is 210 g/mol. The quantitative estimate of drug-likeness (QED) is 0.746. The van der Waals surface area contributed by atoms with Gasteiger partial charge < -0.3 is 19.9 Å². The standard InChI is InChI=1S/C11H15NO4/c1-2-14-9-5-3-4-6-10(9)15-7-8-16-11(12)13/h3-6H,2,7-8H2,1H3,(H2,12,13). The fourth-order valence-electron chi connectivity index (χ4n) is 1.14. The second-order valence-electron chi connectivity index (χ2n) is 2.90. The molecule has 0 aromatic heterocycles. The van der Waals surface area contributed by atoms with Crippen LogP contribution in [0, 0.1) is 0 Å². The van der Waals surface area contributed by atoms with Crippen LogP contribution in [0.25, 0.3) is 0 Å². The van der Waals surface area contributed by atoms with E-state index in [2.05, 4.69) is 4.74 Å². The van der Waals surface area contributed by atoms with Crippen LogP contribution in [0.1, 0.15) is 6.92 Å². The van der Waals surface area contributed by atoms with E-state index in [1.807, 2.05) is 25.1 Å². The van der Waals surface area contributed by atoms with E-state index in [1.165, 1.54) is 0 Å². The van der Waals surface area contributed by atoms with Crippen LogP contribution in [0.15, 0.2) is 24.3 Å². The number of para-hydroxylation sites is 2. The summed E-state index contributed by atoms with van der Waals surface area (Å²) in [5, 5.41) is 0. The van der Waals surface area contributed by atoms with Gasteiger partial charge in [-0.2, -0.15) is 0 Å². The number of hydrogen-bond donors (Lipinski definition) is 1. The molecule has 0 spiro atoms. The zero-order valence-electron chi connectivity index (χ0n) is 9.14. The van der Waals surface area contributed by atoms with Gasteiger partial charge in [0.25, 0.3) is 0 Å². The van der Waals surface area contributed by atoms with Crippen LogP contribution in [0.4, 0.5) is 4.79 Å². The van der Waals surface area contributed by atoms with Crippen molar-refractivity contribution >= 4 is 6.09 Å². The largest absolute Gasteiger partial charge is 0.490 e. The summed E-state index contributed by atoms with van der Waals surface area (Å²) < 4.78 is 15.3. The zero-order valence-corrected chi connectivity index (χ0v) is 9.14. The lowest BCUT2D eigenvalue weighted by molar-refractivity contribution is 0.132. The maximum atomic E-state index is 10.3. The highest BCUT2D eigenvalue weighted by molar-refractivity contribution is 5.64. The fraction of sp³-hybridized carbons (Fsp3) is 0.364. The molecular formula is C11H15NO4. The first-order valence-electron chi connectivity index (χ1n) is 5.01. The van der Waals surface area contributed by atoms with Crippen molar-refractivity contribution in [3.05, 3.63) is 24.3 Å². The molecule has 88 valence electrons. The smallest absolute Gasteiger partial charge is 0.404 e. The van der Waals surface area contributed by atoms with Crippen molar-refractivity contribution < 1.29 is 19.0 Å². The maximum Gasteiger partial charge on any atom is 0.404 e. The van der Waals surface area contributed by atoms with Gasteiger partial charge in [0, 0.05) is 0 Å². The van der Waals surface area contributed by atoms with E-state index in [4.69, 9.17) is 15.2 Å². The van der Waals surface area contributed by atoms with Crippen molar-refractivity contribution in [3.8, 4) is 11.5 Å². The maximum absolute atomic E-state index is 10.3. The molecule has 1 amide bonds. The predicted octanol–water partition coefficient (Wildman–Crippen LogP) is 1.56. The van der Waals surface area contributed by atoms with Crippen LogP contribution in [0.2, 0.25) is 0 Å². The molecule has 1 aromatic rings. The van der Waals surface area contributed by atoms with E-state index in [9.17, 15) is 4.79 Å². The number of amides is 1. The summed E-state index contributed by atoms with van der Waals surface area (Å²) in [7, 11) is 0. The Morgan fingerprint density at radius 2 is 1.81 bits per heavy atom. The molecule has 0 aliphatic rings. The molecule has 0 unspecified atom stereocenters. The SMILES string of the molecule is CCOc1ccccc1OCCOC(N)=O. The Morgan fingerprint density at radius 1 is 1.19 bits per heavy atom. The number of carbonyl (C=O) groups is 1. The number of hydrogen-bond acceptors (Lipinski definition) is 4. The van der Waals surface area contributed by atoms with Gasteiger partial charge in [0.05, 0.1) is 6.61 Å². The summed E-state index contributed by atoms with van der Waals surface area (Å²) in [5.41, 5.74) is 4.81. The highest BCUT2D eigenvalue weighted by atomic mass is 16.6. The van der Waals surface area contributed by atoms with Crippen molar-refractivity contribution in [1.29, 1.82) is 0 Å². The fourth-order valence-corrected chi connectivity index (χ4v) is 1.14. The third kappa shape index (κ3) is 4.08. The molecule has 0 fully saturated rings. The average molecular weight is 225 g/mol. The summed E-state index contributed by atoms with van der Waals surface area (Å²) in [6.07, 6.45) is -0.804. The predicted molar refractivity (Wildman–Crippen MR) is 58.6 cm³/mol. The molecule has 0 aliphatic carbocycles. The molecule has 0 aliphatic heterocycles. The highest BCUT2D eigenvalue weighted by Crippen LogP contribution is 2.26. The van der Waals surface area contributed by atoms with Crippen molar-refractivity contribution in [2.24, 2.45) is 5.73 Å². The van der Waals surface area contributed by atoms with Crippen molar-refractivity contribution in [1.82, 2.24) is 0 Å². The second kappa shape index (κ2) is 6.55. The molecule has 5 nitrogen and oxygen atoms in total. The second-order valence-corrected chi connectivity index (χ2v) is 2.90. The van der Waals surface area contributed by atoms with Crippen LogP contribution in [-0.2, 0) is 4.74 Å². The van der Waals surface area contributed by atoms with E-state index in [0.717, 1.165) is 0 Å². The van der Waals surface area contributed by atoms with Gasteiger partial charge in [0.15, 0.2) is 11.5 Å². The molecule has 0 saturated heterocycles. The molecule has 16 heavy (non-hydrogen) atoms. The third-order valence-corrected chi connectivity index (χ3v) is 1.73. The third-order valence-electron chi connectivity index (χ3n) is 1.73. The highest BCUT2D eigenvalue weighted by Gasteiger charge is 2.03. The summed E-state index contributed by atoms with van der Waals surface area (Å²) in [6, 6.07) is 7.30. The van der Waals surface area contributed by atoms with Gasteiger partial charge in [-0.05, 0) is 19.1 Å². The van der Waals surface area contributed by atoms with Crippen LogP contribution in [0.5, 0.6) is 11.5 Å². The van der Waals surface area contributed by atoms with Crippen molar-refractivity contribution in [2.75, 3.05) is 19.8 Å². The number of nitrogens with two attached hydrogens (primary N) is 1. The first-order chi connectivity index (χ1) is 7.74. The van der Waals surface area contributed by atoms with Gasteiger partial charge in [-0.25, -0.2) is 4.79 Å². The first-order valence-corrected chi connectivity index (χ1v) is 5.01. The summed E-state index contributed by atoms with van der Waals surface area (Å²) in [6.45, 7) is 2.83. The molecule has 0 bridgehead atoms. The summed E-state index contributed by atoms with van der Waals surface area (Å²) in [4.78, 5) is 10.3. The van der Waals surface area contributed by atoms with Crippen molar-refractivity contribution in [2.45, 2.75) is 6.92 Å². The Kier molecular flexibility index (Phi) is 4.98. The normalized spacial score (nSPS) is 9.56. The molecule has 0 atom stereocenters. The number of primary amides is 1. The lowest BCUT2D eigenvalue weighted by atomic mass is 10.3. The number of rotatable bonds is 6. The van der Waals surface area contributed by atoms with E-state index in [1.54, 1.807) is 6.07 Å². The molecule has 1 rings (SSSR count). The van der Waals surface area contributed by atoms with Gasteiger partial charge in [-0.1, -0.05) is 12.1 Å². The Labute approximate surface area is 94.1 Å². The molecule has 1 aromatic carbocycles. The molecule has 0 saturated carbocycles. The first kappa shape index (κ1) is 12.2. The van der Waals surface area contributed by atoms with Gasteiger partial charge >= 0.3 is 6.09 Å². The number of ether oxygens (including phenoxy) is 3. The Bertz CT molecular complexity index is 341. The zero-order chi connectivity index (χ0) is 11.8. The van der Waals surface area contributed by atoms with Crippen LogP contribution >= 0.6 is 0 Å². The van der Waals surface area contributed by atoms with Gasteiger partial charge in [0.1, 0.15) is 13.2 Å². The molecule has 5 heteroatoms. The Hall–Kier alpha value is -1.91. The Morgan fingerprint density at radius 3 is 2.38 bits per heavy atom. The van der Waals surface area contributed by atoms with E-state index in [0.29, 0.717) is 18.1 Å². The lowest BCUT2D eigenvalue weighted by Gasteiger charge is -2.11. The van der Waals surface area contributed by atoms with Gasteiger partial charge in [-0.15, -0.1) is 0 Å². The van der Waals surface area contributed by atoms with E-state index >= 15 is 0 Å². The molecule has 0 heterocycles. The summed E-state index contributed by atoms with van der Waals surface area (Å²) in [5.74, 6) is 1.29. The minimum absolute atomic E-state index is 0.121. The average Bonchev–Trinajstić information content (AvgIpc) is 2.26. The van der Waals surface area contributed by atoms with Crippen LogP contribution < -0.4 is 15.2 Å². The monoisotopic (exact) mass is 225 g/mol. The topological polar surface area (TPSA) is 70.8 Å². The minimum atomic E-state index is -0.804. The van der Waals surface area contributed by atoms with E-state index in [-0.39, 0.29) is 13.2 Å². The minimum Gasteiger partial charge on any atom is -0.490 e. The van der Waals surface area contributed by atoms with E-state index < -0.39 is 6.09 Å². The summed E-state index contributed by atoms with van der Waals surface area (Å²) >= 11 is 0. The number of benzene rings is 1. The lowest BCUT2D eigenvalue weighted by Crippen LogP contribution is -2.17. The molecule has 0 radical (unpaired) electrons. The molecule has 2 N–H and O–H groups in total. The van der Waals surface area contributed by atoms with Crippen LogP contribution in [0.3, 0.4) is 0 Å². The number of carbonyl (C=O) groups excluding carboxylic acids is 1. The van der Waals surface area contributed by atoms with Gasteiger partial charge in [-0.3, -0.25) is 0 Å². The van der Waals surface area contributed by atoms with Gasteiger partial charge in [0.2, 0.25) is 0 Å².